The molecule has 0 unspecified atom stereocenters. The van der Waals surface area contributed by atoms with Crippen molar-refractivity contribution in [1.29, 1.82) is 0 Å². The first-order chi connectivity index (χ1) is 16.1. The van der Waals surface area contributed by atoms with Crippen LogP contribution in [0.5, 0.6) is 5.88 Å². The van der Waals surface area contributed by atoms with Crippen LogP contribution in [0.1, 0.15) is 5.56 Å². The zero-order valence-electron chi connectivity index (χ0n) is 19.0. The summed E-state index contributed by atoms with van der Waals surface area (Å²) in [6.07, 6.45) is 0. The predicted molar refractivity (Wildman–Crippen MR) is 124 cm³/mol. The summed E-state index contributed by atoms with van der Waals surface area (Å²) >= 11 is 1.01. The number of methoxy groups -OCH3 is 1. The van der Waals surface area contributed by atoms with Gasteiger partial charge in [0.15, 0.2) is 16.8 Å². The smallest absolute Gasteiger partial charge is 0.302 e. The molecule has 2 aromatic rings. The van der Waals surface area contributed by atoms with Gasteiger partial charge in [0, 0.05) is 57.7 Å². The highest BCUT2D eigenvalue weighted by atomic mass is 32.2. The highest BCUT2D eigenvalue weighted by molar-refractivity contribution is 7.98. The van der Waals surface area contributed by atoms with E-state index >= 15 is 0 Å². The number of piperazine rings is 1. The number of nitrogens with one attached hydrogen (secondary N) is 1. The molecule has 0 saturated carbocycles. The zero-order chi connectivity index (χ0) is 24.9. The molecule has 186 valence electrons. The van der Waals surface area contributed by atoms with E-state index < -0.39 is 21.8 Å². The summed E-state index contributed by atoms with van der Waals surface area (Å²) in [7, 11) is 0.783. The minimum atomic E-state index is -3.93. The van der Waals surface area contributed by atoms with Gasteiger partial charge in [0.05, 0.1) is 13.7 Å². The number of halogens is 2. The van der Waals surface area contributed by atoms with Crippen molar-refractivity contribution in [1.82, 2.24) is 24.1 Å². The maximum atomic E-state index is 13.9. The number of benzene rings is 1. The van der Waals surface area contributed by atoms with E-state index in [0.717, 1.165) is 17.8 Å². The molecule has 1 N–H and O–H groups in total. The maximum Gasteiger partial charge on any atom is 0.302 e. The highest BCUT2D eigenvalue weighted by Crippen LogP contribution is 2.26. The molecule has 1 aromatic carbocycles. The van der Waals surface area contributed by atoms with Crippen LogP contribution >= 0.6 is 11.8 Å². The molecular weight excluding hydrogens is 490 g/mol. The van der Waals surface area contributed by atoms with Crippen LogP contribution in [0.4, 0.5) is 14.6 Å². The molecule has 3 rings (SSSR count). The van der Waals surface area contributed by atoms with Crippen LogP contribution in [-0.2, 0) is 20.8 Å². The normalized spacial score (nSPS) is 15.2. The van der Waals surface area contributed by atoms with E-state index in [-0.39, 0.29) is 53.7 Å². The van der Waals surface area contributed by atoms with Gasteiger partial charge in [-0.25, -0.2) is 13.8 Å². The van der Waals surface area contributed by atoms with Crippen molar-refractivity contribution < 1.29 is 26.7 Å². The number of likely N-dealkylation sites (N-methyl/N-ethyl adjacent to an activating group) is 1. The topological polar surface area (TPSA) is 108 Å². The SMILES string of the molecule is COc1cc(NS(=O)(=O)N2CCN(CC(=O)N(C)C)CC2)nc(SCc2cccc(F)c2F)n1. The Balaban J connectivity index is 1.66. The summed E-state index contributed by atoms with van der Waals surface area (Å²) in [5.41, 5.74) is 0.129. The Labute approximate surface area is 201 Å². The van der Waals surface area contributed by atoms with Gasteiger partial charge in [-0.15, -0.1) is 0 Å². The van der Waals surface area contributed by atoms with Gasteiger partial charge in [0.2, 0.25) is 11.8 Å². The van der Waals surface area contributed by atoms with E-state index in [1.54, 1.807) is 14.1 Å². The fourth-order valence-corrected chi connectivity index (χ4v) is 5.05. The number of ether oxygens (including phenoxy) is 1. The first-order valence-corrected chi connectivity index (χ1v) is 12.7. The second-order valence-corrected chi connectivity index (χ2v) is 10.3. The molecule has 1 aliphatic rings. The third kappa shape index (κ3) is 6.74. The number of rotatable bonds is 9. The van der Waals surface area contributed by atoms with Gasteiger partial charge >= 0.3 is 10.2 Å². The first kappa shape index (κ1) is 26.1. The van der Waals surface area contributed by atoms with Crippen molar-refractivity contribution in [2.75, 3.05) is 58.7 Å². The highest BCUT2D eigenvalue weighted by Gasteiger charge is 2.28. The fraction of sp³-hybridized carbons (Fsp3) is 0.450. The van der Waals surface area contributed by atoms with E-state index in [9.17, 15) is 22.0 Å². The number of amides is 1. The zero-order valence-corrected chi connectivity index (χ0v) is 20.6. The number of carbonyl (C=O) groups is 1. The van der Waals surface area contributed by atoms with Crippen LogP contribution in [0, 0.1) is 11.6 Å². The molecule has 2 heterocycles. The lowest BCUT2D eigenvalue weighted by atomic mass is 10.2. The van der Waals surface area contributed by atoms with Crippen LogP contribution in [0.15, 0.2) is 29.4 Å². The van der Waals surface area contributed by atoms with Crippen LogP contribution in [0.2, 0.25) is 0 Å². The number of aromatic nitrogens is 2. The molecule has 0 aliphatic carbocycles. The Bertz CT molecular complexity index is 1130. The molecule has 10 nitrogen and oxygen atoms in total. The second kappa shape index (κ2) is 11.3. The summed E-state index contributed by atoms with van der Waals surface area (Å²) in [6.45, 7) is 1.46. The van der Waals surface area contributed by atoms with Crippen LogP contribution in [-0.4, -0.2) is 92.3 Å². The van der Waals surface area contributed by atoms with Gasteiger partial charge in [-0.3, -0.25) is 14.4 Å². The van der Waals surface area contributed by atoms with Crippen molar-refractivity contribution in [3.63, 3.8) is 0 Å². The van der Waals surface area contributed by atoms with Gasteiger partial charge < -0.3 is 9.64 Å². The van der Waals surface area contributed by atoms with Crippen LogP contribution in [0.25, 0.3) is 0 Å². The van der Waals surface area contributed by atoms with Crippen molar-refractivity contribution in [2.45, 2.75) is 10.9 Å². The van der Waals surface area contributed by atoms with Crippen LogP contribution < -0.4 is 9.46 Å². The van der Waals surface area contributed by atoms with E-state index in [4.69, 9.17) is 4.74 Å². The molecule has 1 aliphatic heterocycles. The third-order valence-electron chi connectivity index (χ3n) is 5.04. The van der Waals surface area contributed by atoms with Crippen molar-refractivity contribution in [3.05, 3.63) is 41.5 Å². The number of carbonyl (C=O) groups excluding carboxylic acids is 1. The van der Waals surface area contributed by atoms with Gasteiger partial charge in [-0.05, 0) is 6.07 Å². The largest absolute Gasteiger partial charge is 0.481 e. The van der Waals surface area contributed by atoms with Gasteiger partial charge in [0.25, 0.3) is 0 Å². The summed E-state index contributed by atoms with van der Waals surface area (Å²) in [6, 6.07) is 5.20. The molecule has 0 spiro atoms. The minimum absolute atomic E-state index is 0.0146. The molecule has 1 saturated heterocycles. The number of hydrogen-bond acceptors (Lipinski definition) is 8. The monoisotopic (exact) mass is 516 g/mol. The predicted octanol–water partition coefficient (Wildman–Crippen LogP) is 1.42. The molecule has 1 amide bonds. The van der Waals surface area contributed by atoms with Gasteiger partial charge in [-0.1, -0.05) is 23.9 Å². The summed E-state index contributed by atoms with van der Waals surface area (Å²) < 4.78 is 61.9. The number of nitrogens with zero attached hydrogens (tertiary/aromatic N) is 5. The van der Waals surface area contributed by atoms with Crippen molar-refractivity contribution in [3.8, 4) is 5.88 Å². The lowest BCUT2D eigenvalue weighted by Crippen LogP contribution is -2.52. The Kier molecular flexibility index (Phi) is 8.62. The lowest BCUT2D eigenvalue weighted by Gasteiger charge is -2.33. The molecule has 1 aromatic heterocycles. The molecular formula is C20H26F2N6O4S2. The van der Waals surface area contributed by atoms with Crippen molar-refractivity contribution in [2.24, 2.45) is 0 Å². The first-order valence-electron chi connectivity index (χ1n) is 10.3. The minimum Gasteiger partial charge on any atom is -0.481 e. The molecule has 0 radical (unpaired) electrons. The maximum absolute atomic E-state index is 13.9. The average molecular weight is 517 g/mol. The Morgan fingerprint density at radius 1 is 1.21 bits per heavy atom. The summed E-state index contributed by atoms with van der Waals surface area (Å²) in [4.78, 5) is 23.6. The van der Waals surface area contributed by atoms with E-state index in [1.807, 2.05) is 4.90 Å². The molecule has 34 heavy (non-hydrogen) atoms. The fourth-order valence-electron chi connectivity index (χ4n) is 3.08. The Morgan fingerprint density at radius 3 is 2.56 bits per heavy atom. The second-order valence-electron chi connectivity index (χ2n) is 7.65. The molecule has 14 heteroatoms. The lowest BCUT2D eigenvalue weighted by molar-refractivity contribution is -0.130. The Hall–Kier alpha value is -2.55. The standard InChI is InChI=1S/C20H26F2N6O4S2/c1-26(2)18(29)12-27-7-9-28(10-8-27)34(30,31)25-16-11-17(32-3)24-20(23-16)33-13-14-5-4-6-15(21)19(14)22/h4-6,11H,7-10,12-13H2,1-3H3,(H,23,24,25). The van der Waals surface area contributed by atoms with Crippen LogP contribution in [0.3, 0.4) is 0 Å². The quantitative estimate of drug-likeness (QED) is 0.394. The van der Waals surface area contributed by atoms with E-state index in [2.05, 4.69) is 14.7 Å². The number of thioether (sulfide) groups is 1. The molecule has 1 fully saturated rings. The van der Waals surface area contributed by atoms with E-state index in [0.29, 0.717) is 13.1 Å². The van der Waals surface area contributed by atoms with Crippen molar-refractivity contribution >= 4 is 33.7 Å². The number of anilines is 1. The Morgan fingerprint density at radius 2 is 1.91 bits per heavy atom. The summed E-state index contributed by atoms with van der Waals surface area (Å²) in [5.74, 6) is -1.82. The number of hydrogen-bond donors (Lipinski definition) is 1. The average Bonchev–Trinajstić information content (AvgIpc) is 2.79. The van der Waals surface area contributed by atoms with E-state index in [1.165, 1.54) is 34.5 Å². The van der Waals surface area contributed by atoms with Gasteiger partial charge in [-0.2, -0.15) is 17.7 Å². The molecule has 0 bridgehead atoms. The molecule has 0 atom stereocenters. The van der Waals surface area contributed by atoms with Gasteiger partial charge in [0.1, 0.15) is 5.82 Å². The summed E-state index contributed by atoms with van der Waals surface area (Å²) in [5, 5.41) is 0.132. The third-order valence-corrected chi connectivity index (χ3v) is 7.45.